The van der Waals surface area contributed by atoms with Gasteiger partial charge in [0.15, 0.2) is 5.17 Å². The summed E-state index contributed by atoms with van der Waals surface area (Å²) in [5.41, 5.74) is 0.633. The van der Waals surface area contributed by atoms with Crippen molar-refractivity contribution in [2.45, 2.75) is 6.92 Å². The fraction of sp³-hybridized carbons (Fsp3) is 0.118. The first-order valence-electron chi connectivity index (χ1n) is 7.08. The van der Waals surface area contributed by atoms with E-state index in [0.717, 1.165) is 5.76 Å². The third-order valence-electron chi connectivity index (χ3n) is 3.37. The van der Waals surface area contributed by atoms with Crippen molar-refractivity contribution >= 4 is 40.6 Å². The van der Waals surface area contributed by atoms with Crippen molar-refractivity contribution in [2.24, 2.45) is 4.99 Å². The number of carboxylic acid groups (broad SMARTS) is 1. The van der Waals surface area contributed by atoms with Crippen molar-refractivity contribution < 1.29 is 19.1 Å². The highest BCUT2D eigenvalue weighted by atomic mass is 32.2. The van der Waals surface area contributed by atoms with Crippen molar-refractivity contribution in [1.82, 2.24) is 4.90 Å². The average Bonchev–Trinajstić information content (AvgIpc) is 3.07. The fourth-order valence-corrected chi connectivity index (χ4v) is 3.06. The third-order valence-corrected chi connectivity index (χ3v) is 4.43. The lowest BCUT2D eigenvalue weighted by Crippen LogP contribution is -2.23. The van der Waals surface area contributed by atoms with E-state index >= 15 is 0 Å². The highest BCUT2D eigenvalue weighted by molar-refractivity contribution is 8.18. The molecule has 7 heteroatoms. The molecule has 1 aromatic heterocycles. The lowest BCUT2D eigenvalue weighted by Gasteiger charge is -2.07. The predicted molar refractivity (Wildman–Crippen MR) is 89.7 cm³/mol. The summed E-state index contributed by atoms with van der Waals surface area (Å²) in [6.07, 6.45) is 1.68. The van der Waals surface area contributed by atoms with Gasteiger partial charge in [0.25, 0.3) is 5.91 Å². The number of rotatable bonds is 3. The Labute approximate surface area is 142 Å². The van der Waals surface area contributed by atoms with Crippen LogP contribution < -0.4 is 5.11 Å². The fourth-order valence-electron chi connectivity index (χ4n) is 2.09. The van der Waals surface area contributed by atoms with Crippen LogP contribution in [0.3, 0.4) is 0 Å². The van der Waals surface area contributed by atoms with Crippen LogP contribution in [0.25, 0.3) is 6.08 Å². The quantitative estimate of drug-likeness (QED) is 0.799. The van der Waals surface area contributed by atoms with E-state index in [9.17, 15) is 14.7 Å². The summed E-state index contributed by atoms with van der Waals surface area (Å²) in [4.78, 5) is 29.4. The summed E-state index contributed by atoms with van der Waals surface area (Å²) in [5.74, 6) is -0.0290. The average molecular weight is 341 g/mol. The number of furan rings is 1. The van der Waals surface area contributed by atoms with E-state index in [1.54, 1.807) is 31.3 Å². The van der Waals surface area contributed by atoms with E-state index in [-0.39, 0.29) is 11.5 Å². The van der Waals surface area contributed by atoms with Crippen LogP contribution in [0.4, 0.5) is 5.69 Å². The van der Waals surface area contributed by atoms with Crippen LogP contribution in [0.2, 0.25) is 0 Å². The van der Waals surface area contributed by atoms with E-state index < -0.39 is 5.97 Å². The number of benzene rings is 1. The molecule has 0 aliphatic carbocycles. The summed E-state index contributed by atoms with van der Waals surface area (Å²) in [7, 11) is 1.64. The Morgan fingerprint density at radius 2 is 1.96 bits per heavy atom. The number of thioether (sulfide) groups is 1. The van der Waals surface area contributed by atoms with Crippen LogP contribution in [0, 0.1) is 6.92 Å². The second-order valence-corrected chi connectivity index (χ2v) is 6.16. The molecule has 24 heavy (non-hydrogen) atoms. The molecule has 0 unspecified atom stereocenters. The number of aromatic carboxylic acids is 1. The van der Waals surface area contributed by atoms with Gasteiger partial charge in [-0.15, -0.1) is 0 Å². The molecule has 0 spiro atoms. The summed E-state index contributed by atoms with van der Waals surface area (Å²) in [6, 6.07) is 9.58. The first kappa shape index (κ1) is 16.1. The maximum absolute atomic E-state index is 12.3. The Kier molecular flexibility index (Phi) is 4.26. The number of carbonyl (C=O) groups is 2. The second kappa shape index (κ2) is 6.37. The summed E-state index contributed by atoms with van der Waals surface area (Å²) in [5, 5.41) is 11.3. The van der Waals surface area contributed by atoms with Crippen LogP contribution >= 0.6 is 11.8 Å². The molecule has 3 rings (SSSR count). The number of aryl methyl sites for hydroxylation is 1. The summed E-state index contributed by atoms with van der Waals surface area (Å²) >= 11 is 1.24. The molecule has 0 bridgehead atoms. The smallest absolute Gasteiger partial charge is 0.266 e. The van der Waals surface area contributed by atoms with Gasteiger partial charge in [0.1, 0.15) is 11.5 Å². The zero-order valence-electron chi connectivity index (χ0n) is 13.0. The van der Waals surface area contributed by atoms with Gasteiger partial charge in [-0.25, -0.2) is 4.99 Å². The number of amides is 1. The summed E-state index contributed by atoms with van der Waals surface area (Å²) in [6.45, 7) is 1.83. The van der Waals surface area contributed by atoms with Gasteiger partial charge in [-0.1, -0.05) is 12.1 Å². The molecule has 0 N–H and O–H groups in total. The monoisotopic (exact) mass is 341 g/mol. The number of hydrogen-bond donors (Lipinski definition) is 0. The Morgan fingerprint density at radius 3 is 2.54 bits per heavy atom. The van der Waals surface area contributed by atoms with Gasteiger partial charge in [-0.3, -0.25) is 9.69 Å². The molecule has 1 aromatic carbocycles. The molecule has 2 heterocycles. The first-order valence-corrected chi connectivity index (χ1v) is 7.90. The van der Waals surface area contributed by atoms with Crippen LogP contribution in [0.5, 0.6) is 0 Å². The van der Waals surface area contributed by atoms with Crippen molar-refractivity contribution in [2.75, 3.05) is 7.05 Å². The molecule has 0 radical (unpaired) electrons. The number of hydrogen-bond acceptors (Lipinski definition) is 6. The lowest BCUT2D eigenvalue weighted by atomic mass is 10.2. The molecule has 6 nitrogen and oxygen atoms in total. The number of aliphatic imine (C=N–C) groups is 1. The van der Waals surface area contributed by atoms with Gasteiger partial charge in [0.05, 0.1) is 16.6 Å². The van der Waals surface area contributed by atoms with Gasteiger partial charge in [0.2, 0.25) is 0 Å². The molecule has 1 aliphatic rings. The Bertz CT molecular complexity index is 865. The highest BCUT2D eigenvalue weighted by Crippen LogP contribution is 2.33. The van der Waals surface area contributed by atoms with Gasteiger partial charge < -0.3 is 14.3 Å². The molecular weight excluding hydrogens is 328 g/mol. The molecule has 1 aliphatic heterocycles. The Balaban J connectivity index is 1.85. The topological polar surface area (TPSA) is 85.9 Å². The molecule has 0 saturated carbocycles. The minimum Gasteiger partial charge on any atom is -0.545 e. The zero-order chi connectivity index (χ0) is 17.3. The Morgan fingerprint density at radius 1 is 1.25 bits per heavy atom. The van der Waals surface area contributed by atoms with Gasteiger partial charge in [0, 0.05) is 13.1 Å². The van der Waals surface area contributed by atoms with Crippen molar-refractivity contribution in [3.8, 4) is 0 Å². The molecule has 2 aromatic rings. The standard InChI is InChI=1S/C17H14N2O4S/c1-10-3-8-13(23-10)9-14-15(20)19(2)17(24-14)18-12-6-4-11(5-7-12)16(21)22/h3-9H,1-2H3,(H,21,22)/p-1/b14-9-,18-17?. The number of carboxylic acids is 1. The largest absolute Gasteiger partial charge is 0.545 e. The number of likely N-dealkylation sites (N-methyl/N-ethyl adjacent to an activating group) is 1. The minimum atomic E-state index is -1.24. The van der Waals surface area contributed by atoms with Crippen LogP contribution in [0.15, 0.2) is 50.7 Å². The van der Waals surface area contributed by atoms with Gasteiger partial charge in [-0.2, -0.15) is 0 Å². The molecular formula is C17H13N2O4S-. The number of carbonyl (C=O) groups excluding carboxylic acids is 2. The minimum absolute atomic E-state index is 0.0798. The molecule has 1 saturated heterocycles. The third kappa shape index (κ3) is 3.26. The number of amidine groups is 1. The van der Waals surface area contributed by atoms with Gasteiger partial charge in [-0.05, 0) is 48.5 Å². The SMILES string of the molecule is Cc1ccc(/C=C2\SC(=Nc3ccc(C(=O)[O-])cc3)N(C)C2=O)o1. The lowest BCUT2D eigenvalue weighted by molar-refractivity contribution is -0.255. The maximum Gasteiger partial charge on any atom is 0.266 e. The normalized spacial score (nSPS) is 17.9. The van der Waals surface area contributed by atoms with E-state index in [4.69, 9.17) is 4.42 Å². The van der Waals surface area contributed by atoms with E-state index in [0.29, 0.717) is 21.5 Å². The van der Waals surface area contributed by atoms with Crippen molar-refractivity contribution in [3.05, 3.63) is 58.4 Å². The van der Waals surface area contributed by atoms with Gasteiger partial charge >= 0.3 is 0 Å². The number of nitrogens with zero attached hydrogens (tertiary/aromatic N) is 2. The van der Waals surface area contributed by atoms with E-state index in [2.05, 4.69) is 4.99 Å². The molecule has 0 atom stereocenters. The maximum atomic E-state index is 12.3. The molecule has 1 amide bonds. The predicted octanol–water partition coefficient (Wildman–Crippen LogP) is 2.19. The molecule has 1 fully saturated rings. The summed E-state index contributed by atoms with van der Waals surface area (Å²) < 4.78 is 5.46. The van der Waals surface area contributed by atoms with Crippen LogP contribution in [-0.2, 0) is 4.79 Å². The second-order valence-electron chi connectivity index (χ2n) is 5.15. The zero-order valence-corrected chi connectivity index (χ0v) is 13.8. The van der Waals surface area contributed by atoms with Crippen LogP contribution in [0.1, 0.15) is 21.9 Å². The van der Waals surface area contributed by atoms with Crippen LogP contribution in [-0.4, -0.2) is 29.0 Å². The van der Waals surface area contributed by atoms with Crippen molar-refractivity contribution in [1.29, 1.82) is 0 Å². The molecule has 122 valence electrons. The van der Waals surface area contributed by atoms with E-state index in [1.165, 1.54) is 28.8 Å². The van der Waals surface area contributed by atoms with E-state index in [1.807, 2.05) is 13.0 Å². The Hall–Kier alpha value is -2.80. The highest BCUT2D eigenvalue weighted by Gasteiger charge is 2.30. The van der Waals surface area contributed by atoms with Crippen molar-refractivity contribution in [3.63, 3.8) is 0 Å². The first-order chi connectivity index (χ1) is 11.4.